The van der Waals surface area contributed by atoms with Crippen LogP contribution in [0.1, 0.15) is 65.7 Å². The lowest BCUT2D eigenvalue weighted by atomic mass is 9.42. The maximum atomic E-state index is 11.9. The Labute approximate surface area is 160 Å². The fourth-order valence-corrected chi connectivity index (χ4v) is 7.37. The van der Waals surface area contributed by atoms with Crippen LogP contribution < -0.4 is 0 Å². The number of aliphatic hydroxyl groups is 6. The summed E-state index contributed by atoms with van der Waals surface area (Å²) in [5.74, 6) is -0.373. The number of hydrogen-bond donors (Lipinski definition) is 6. The minimum atomic E-state index is -1.71. The molecule has 0 unspecified atom stereocenters. The van der Waals surface area contributed by atoms with Crippen molar-refractivity contribution in [3.8, 4) is 0 Å². The van der Waals surface area contributed by atoms with E-state index >= 15 is 0 Å². The third-order valence-electron chi connectivity index (χ3n) is 9.35. The van der Waals surface area contributed by atoms with Crippen molar-refractivity contribution in [3.63, 3.8) is 0 Å². The van der Waals surface area contributed by atoms with E-state index in [1.165, 1.54) is 6.92 Å². The minimum Gasteiger partial charge on any atom is -0.393 e. The molecule has 0 aromatic heterocycles. The van der Waals surface area contributed by atoms with E-state index in [1.807, 2.05) is 6.08 Å². The Kier molecular flexibility index (Phi) is 4.07. The summed E-state index contributed by atoms with van der Waals surface area (Å²) in [5.41, 5.74) is -5.63. The predicted molar refractivity (Wildman–Crippen MR) is 98.6 cm³/mol. The highest BCUT2D eigenvalue weighted by atomic mass is 16.4. The highest BCUT2D eigenvalue weighted by molar-refractivity contribution is 5.36. The maximum absolute atomic E-state index is 11.9. The number of rotatable bonds is 1. The summed E-state index contributed by atoms with van der Waals surface area (Å²) in [5, 5.41) is 66.6. The van der Waals surface area contributed by atoms with Gasteiger partial charge in [0.25, 0.3) is 0 Å². The van der Waals surface area contributed by atoms with E-state index in [1.54, 1.807) is 6.92 Å². The molecule has 6 nitrogen and oxygen atoms in total. The molecule has 6 N–H and O–H groups in total. The van der Waals surface area contributed by atoms with Crippen LogP contribution >= 0.6 is 0 Å². The molecule has 3 saturated carbocycles. The van der Waals surface area contributed by atoms with Gasteiger partial charge < -0.3 is 30.6 Å². The van der Waals surface area contributed by atoms with Crippen LogP contribution in [0, 0.1) is 16.7 Å². The lowest BCUT2D eigenvalue weighted by Gasteiger charge is -2.67. The largest absolute Gasteiger partial charge is 0.393 e. The van der Waals surface area contributed by atoms with E-state index in [0.29, 0.717) is 19.3 Å². The Balaban J connectivity index is 1.86. The van der Waals surface area contributed by atoms with E-state index in [9.17, 15) is 30.6 Å². The molecule has 3 fully saturated rings. The molecule has 4 aliphatic rings. The van der Waals surface area contributed by atoms with E-state index in [0.717, 1.165) is 5.57 Å². The highest BCUT2D eigenvalue weighted by Gasteiger charge is 2.80. The third-order valence-corrected chi connectivity index (χ3v) is 9.35. The second-order valence-corrected chi connectivity index (χ2v) is 10.1. The fourth-order valence-electron chi connectivity index (χ4n) is 7.37. The lowest BCUT2D eigenvalue weighted by Crippen LogP contribution is -2.78. The van der Waals surface area contributed by atoms with E-state index in [-0.39, 0.29) is 37.7 Å². The van der Waals surface area contributed by atoms with Crippen molar-refractivity contribution in [2.75, 3.05) is 0 Å². The van der Waals surface area contributed by atoms with Crippen molar-refractivity contribution in [2.45, 2.75) is 101 Å². The van der Waals surface area contributed by atoms with Crippen molar-refractivity contribution in [3.05, 3.63) is 11.6 Å². The van der Waals surface area contributed by atoms with Crippen LogP contribution in [0.4, 0.5) is 0 Å². The molecule has 0 aromatic carbocycles. The maximum Gasteiger partial charge on any atom is 0.105 e. The molecule has 0 aromatic rings. The monoisotopic (exact) mass is 382 g/mol. The molecular weight excluding hydrogens is 348 g/mol. The zero-order chi connectivity index (χ0) is 20.0. The molecule has 4 rings (SSSR count). The first-order valence-corrected chi connectivity index (χ1v) is 10.3. The normalized spacial score (nSPS) is 58.7. The average molecular weight is 382 g/mol. The molecule has 154 valence electrons. The Morgan fingerprint density at radius 1 is 1.07 bits per heavy atom. The van der Waals surface area contributed by atoms with Gasteiger partial charge in [-0.3, -0.25) is 0 Å². The Morgan fingerprint density at radius 2 is 1.74 bits per heavy atom. The summed E-state index contributed by atoms with van der Waals surface area (Å²) in [6.45, 7) is 5.15. The second kappa shape index (κ2) is 5.55. The zero-order valence-corrected chi connectivity index (χ0v) is 16.5. The molecule has 0 spiro atoms. The molecular formula is C21H34O6. The van der Waals surface area contributed by atoms with E-state index < -0.39 is 39.8 Å². The lowest BCUT2D eigenvalue weighted by molar-refractivity contribution is -0.325. The average Bonchev–Trinajstić information content (AvgIpc) is 2.83. The fraction of sp³-hybridized carbons (Fsp3) is 0.905. The van der Waals surface area contributed by atoms with Crippen LogP contribution in [0.25, 0.3) is 0 Å². The van der Waals surface area contributed by atoms with Gasteiger partial charge in [0, 0.05) is 5.92 Å². The zero-order valence-electron chi connectivity index (χ0n) is 16.5. The molecule has 0 radical (unpaired) electrons. The van der Waals surface area contributed by atoms with Crippen LogP contribution in [0.3, 0.4) is 0 Å². The van der Waals surface area contributed by atoms with E-state index in [2.05, 4.69) is 6.92 Å². The van der Waals surface area contributed by atoms with Crippen molar-refractivity contribution in [2.24, 2.45) is 16.7 Å². The van der Waals surface area contributed by atoms with Gasteiger partial charge in [-0.15, -0.1) is 0 Å². The highest BCUT2D eigenvalue weighted by Crippen LogP contribution is 2.70. The van der Waals surface area contributed by atoms with Gasteiger partial charge in [-0.1, -0.05) is 25.5 Å². The molecule has 0 bridgehead atoms. The molecule has 4 aliphatic carbocycles. The molecule has 27 heavy (non-hydrogen) atoms. The topological polar surface area (TPSA) is 121 Å². The van der Waals surface area contributed by atoms with Crippen molar-refractivity contribution in [1.82, 2.24) is 0 Å². The van der Waals surface area contributed by atoms with Crippen molar-refractivity contribution < 1.29 is 30.6 Å². The molecule has 9 atom stereocenters. The first kappa shape index (κ1) is 19.8. The smallest absolute Gasteiger partial charge is 0.105 e. The van der Waals surface area contributed by atoms with Gasteiger partial charge in [-0.2, -0.15) is 0 Å². The van der Waals surface area contributed by atoms with Crippen LogP contribution in [0.15, 0.2) is 11.6 Å². The Bertz CT molecular complexity index is 678. The van der Waals surface area contributed by atoms with Crippen LogP contribution in [0.2, 0.25) is 0 Å². The van der Waals surface area contributed by atoms with E-state index in [4.69, 9.17) is 0 Å². The first-order chi connectivity index (χ1) is 12.4. The predicted octanol–water partition coefficient (Wildman–Crippen LogP) is 0.623. The van der Waals surface area contributed by atoms with Gasteiger partial charge >= 0.3 is 0 Å². The molecule has 6 heteroatoms. The van der Waals surface area contributed by atoms with Crippen molar-refractivity contribution in [1.29, 1.82) is 0 Å². The van der Waals surface area contributed by atoms with Crippen molar-refractivity contribution >= 4 is 0 Å². The summed E-state index contributed by atoms with van der Waals surface area (Å²) in [6, 6.07) is 0. The van der Waals surface area contributed by atoms with Gasteiger partial charge in [0.15, 0.2) is 0 Å². The minimum absolute atomic E-state index is 0.121. The van der Waals surface area contributed by atoms with Gasteiger partial charge in [-0.25, -0.2) is 0 Å². The van der Waals surface area contributed by atoms with Crippen LogP contribution in [-0.4, -0.2) is 65.8 Å². The number of fused-ring (bicyclic) bond motifs is 5. The van der Waals surface area contributed by atoms with Crippen LogP contribution in [-0.2, 0) is 0 Å². The standard InChI is InChI=1S/C21H34O6/c1-12(22)19(25)8-9-21(27)18(19,3)16(24)11-15-17(2)6-5-14(23)10-13(17)4-7-20(15,21)26/h4,12,14-16,22-27H,5-11H2,1-3H3/t12-,14+,15-,16-,17-,18-,19+,20+,21-/m1/s1. The van der Waals surface area contributed by atoms with Gasteiger partial charge in [0.1, 0.15) is 16.8 Å². The summed E-state index contributed by atoms with van der Waals surface area (Å²) >= 11 is 0. The quantitative estimate of drug-likeness (QED) is 0.370. The Morgan fingerprint density at radius 3 is 2.37 bits per heavy atom. The molecule has 0 heterocycles. The second-order valence-electron chi connectivity index (χ2n) is 10.1. The molecule has 0 aliphatic heterocycles. The number of aliphatic hydroxyl groups excluding tert-OH is 3. The summed E-state index contributed by atoms with van der Waals surface area (Å²) < 4.78 is 0. The molecule has 0 saturated heterocycles. The van der Waals surface area contributed by atoms with Crippen LogP contribution in [0.5, 0.6) is 0 Å². The SMILES string of the molecule is C[C@@H](O)[C@@]1(O)CC[C@@]2(O)[C@]1(C)[C@H](O)C[C@@H]1[C@]3(C)CC[C@H](O)CC3=CC[C@]12O. The van der Waals surface area contributed by atoms with Gasteiger partial charge in [0.05, 0.1) is 23.7 Å². The molecule has 0 amide bonds. The number of hydrogen-bond acceptors (Lipinski definition) is 6. The first-order valence-electron chi connectivity index (χ1n) is 10.3. The van der Waals surface area contributed by atoms with Gasteiger partial charge in [0.2, 0.25) is 0 Å². The summed E-state index contributed by atoms with van der Waals surface area (Å²) in [7, 11) is 0. The third kappa shape index (κ3) is 2.02. The summed E-state index contributed by atoms with van der Waals surface area (Å²) in [4.78, 5) is 0. The Hall–Kier alpha value is -0.500. The summed E-state index contributed by atoms with van der Waals surface area (Å²) in [6.07, 6.45) is 1.96. The van der Waals surface area contributed by atoms with Gasteiger partial charge in [-0.05, 0) is 57.3 Å².